The van der Waals surface area contributed by atoms with Crippen molar-refractivity contribution in [1.82, 2.24) is 4.90 Å². The van der Waals surface area contributed by atoms with Gasteiger partial charge in [-0.2, -0.15) is 0 Å². The first-order valence-electron chi connectivity index (χ1n) is 7.27. The minimum atomic E-state index is -0.426. The summed E-state index contributed by atoms with van der Waals surface area (Å²) in [6.45, 7) is 2.63. The highest BCUT2D eigenvalue weighted by atomic mass is 32.1. The molecule has 0 aliphatic carbocycles. The molecule has 0 bridgehead atoms. The summed E-state index contributed by atoms with van der Waals surface area (Å²) in [6, 6.07) is 11.5. The van der Waals surface area contributed by atoms with E-state index in [0.717, 1.165) is 10.4 Å². The van der Waals surface area contributed by atoms with E-state index in [2.05, 4.69) is 0 Å². The van der Waals surface area contributed by atoms with Gasteiger partial charge in [0, 0.05) is 24.4 Å². The number of carbonyl (C=O) groups is 2. The fourth-order valence-corrected chi connectivity index (χ4v) is 3.18. The van der Waals surface area contributed by atoms with Gasteiger partial charge in [-0.05, 0) is 18.6 Å². The Morgan fingerprint density at radius 1 is 1.26 bits per heavy atom. The van der Waals surface area contributed by atoms with E-state index in [0.29, 0.717) is 17.2 Å². The predicted molar refractivity (Wildman–Crippen MR) is 90.6 cm³/mol. The molecule has 0 spiro atoms. The number of methoxy groups -OCH3 is 1. The molecule has 6 heteroatoms. The van der Waals surface area contributed by atoms with Gasteiger partial charge in [0.05, 0.1) is 7.11 Å². The third kappa shape index (κ3) is 4.56. The van der Waals surface area contributed by atoms with E-state index < -0.39 is 5.91 Å². The number of ether oxygens (including phenoxy) is 1. The summed E-state index contributed by atoms with van der Waals surface area (Å²) < 4.78 is 5.28. The van der Waals surface area contributed by atoms with Gasteiger partial charge in [0.25, 0.3) is 5.91 Å². The van der Waals surface area contributed by atoms with Gasteiger partial charge >= 0.3 is 0 Å². The molecule has 0 saturated carbocycles. The van der Waals surface area contributed by atoms with Crippen molar-refractivity contribution in [3.63, 3.8) is 0 Å². The van der Waals surface area contributed by atoms with Gasteiger partial charge in [0.2, 0.25) is 5.91 Å². The number of benzene rings is 1. The Hall–Kier alpha value is -2.34. The van der Waals surface area contributed by atoms with Gasteiger partial charge in [0.15, 0.2) is 0 Å². The van der Waals surface area contributed by atoms with Crippen molar-refractivity contribution in [2.75, 3.05) is 13.7 Å². The summed E-state index contributed by atoms with van der Waals surface area (Å²) in [4.78, 5) is 27.1. The molecule has 0 atom stereocenters. The van der Waals surface area contributed by atoms with E-state index in [1.807, 2.05) is 43.3 Å². The van der Waals surface area contributed by atoms with E-state index in [4.69, 9.17) is 10.5 Å². The minimum absolute atomic E-state index is 0.130. The van der Waals surface area contributed by atoms with Crippen molar-refractivity contribution in [3.8, 4) is 5.75 Å². The lowest BCUT2D eigenvalue weighted by Gasteiger charge is -2.22. The molecule has 0 aliphatic rings. The molecule has 2 N–H and O–H groups in total. The van der Waals surface area contributed by atoms with Crippen LogP contribution in [-0.2, 0) is 11.3 Å². The van der Waals surface area contributed by atoms with Crippen molar-refractivity contribution in [1.29, 1.82) is 0 Å². The summed E-state index contributed by atoms with van der Waals surface area (Å²) in [7, 11) is 1.54. The predicted octanol–water partition coefficient (Wildman–Crippen LogP) is 2.58. The smallest absolute Gasteiger partial charge is 0.268 e. The molecule has 2 amide bonds. The lowest BCUT2D eigenvalue weighted by atomic mass is 10.2. The van der Waals surface area contributed by atoms with Crippen LogP contribution in [0.4, 0.5) is 0 Å². The molecule has 1 aromatic heterocycles. The van der Waals surface area contributed by atoms with Crippen molar-refractivity contribution in [2.24, 2.45) is 5.73 Å². The number of hydrogen-bond acceptors (Lipinski definition) is 4. The van der Waals surface area contributed by atoms with Crippen LogP contribution in [0.25, 0.3) is 0 Å². The van der Waals surface area contributed by atoms with Gasteiger partial charge in [-0.3, -0.25) is 9.59 Å². The van der Waals surface area contributed by atoms with Gasteiger partial charge in [-0.25, -0.2) is 0 Å². The fourth-order valence-electron chi connectivity index (χ4n) is 2.24. The van der Waals surface area contributed by atoms with Crippen LogP contribution in [0.15, 0.2) is 36.4 Å². The Bertz CT molecular complexity index is 682. The average molecular weight is 332 g/mol. The SMILES string of the molecule is COc1cc(C)sc1C(=O)N(CCC(N)=O)Cc1ccccc1. The summed E-state index contributed by atoms with van der Waals surface area (Å²) in [6.07, 6.45) is 0.130. The molecule has 122 valence electrons. The van der Waals surface area contributed by atoms with E-state index in [1.54, 1.807) is 12.0 Å². The molecule has 1 aromatic carbocycles. The molecular formula is C17H20N2O3S. The highest BCUT2D eigenvalue weighted by Crippen LogP contribution is 2.30. The Labute approximate surface area is 139 Å². The van der Waals surface area contributed by atoms with Crippen molar-refractivity contribution >= 4 is 23.2 Å². The third-order valence-electron chi connectivity index (χ3n) is 3.37. The Morgan fingerprint density at radius 2 is 1.96 bits per heavy atom. The first kappa shape index (κ1) is 17.0. The van der Waals surface area contributed by atoms with E-state index in [9.17, 15) is 9.59 Å². The van der Waals surface area contributed by atoms with Crippen LogP contribution >= 0.6 is 11.3 Å². The summed E-state index contributed by atoms with van der Waals surface area (Å²) in [5.41, 5.74) is 6.23. The van der Waals surface area contributed by atoms with Gasteiger partial charge in [0.1, 0.15) is 10.6 Å². The maximum atomic E-state index is 12.9. The summed E-state index contributed by atoms with van der Waals surface area (Å²) in [5, 5.41) is 0. The molecule has 0 unspecified atom stereocenters. The topological polar surface area (TPSA) is 72.6 Å². The molecule has 0 fully saturated rings. The standard InChI is InChI=1S/C17H20N2O3S/c1-12-10-14(22-2)16(23-12)17(21)19(9-8-15(18)20)11-13-6-4-3-5-7-13/h3-7,10H,8-9,11H2,1-2H3,(H2,18,20). The van der Waals surface area contributed by atoms with E-state index in [-0.39, 0.29) is 18.9 Å². The molecular weight excluding hydrogens is 312 g/mol. The molecule has 2 aromatic rings. The number of hydrogen-bond donors (Lipinski definition) is 1. The number of nitrogens with zero attached hydrogens (tertiary/aromatic N) is 1. The van der Waals surface area contributed by atoms with Gasteiger partial charge in [-0.1, -0.05) is 30.3 Å². The molecule has 0 aliphatic heterocycles. The Balaban J connectivity index is 2.24. The summed E-state index contributed by atoms with van der Waals surface area (Å²) in [5.74, 6) is -0.00937. The monoisotopic (exact) mass is 332 g/mol. The zero-order valence-electron chi connectivity index (χ0n) is 13.2. The Morgan fingerprint density at radius 3 is 2.57 bits per heavy atom. The summed E-state index contributed by atoms with van der Waals surface area (Å²) >= 11 is 1.39. The number of primary amides is 1. The maximum Gasteiger partial charge on any atom is 0.268 e. The fraction of sp³-hybridized carbons (Fsp3) is 0.294. The highest BCUT2D eigenvalue weighted by Gasteiger charge is 2.22. The largest absolute Gasteiger partial charge is 0.495 e. The number of carbonyl (C=O) groups excluding carboxylic acids is 2. The number of aryl methyl sites for hydroxylation is 1. The number of rotatable bonds is 7. The lowest BCUT2D eigenvalue weighted by Crippen LogP contribution is -2.33. The third-order valence-corrected chi connectivity index (χ3v) is 4.39. The van der Waals surface area contributed by atoms with Crippen molar-refractivity contribution < 1.29 is 14.3 Å². The van der Waals surface area contributed by atoms with Crippen LogP contribution in [0.3, 0.4) is 0 Å². The van der Waals surface area contributed by atoms with Crippen molar-refractivity contribution in [3.05, 3.63) is 51.7 Å². The number of nitrogens with two attached hydrogens (primary N) is 1. The number of thiophene rings is 1. The van der Waals surface area contributed by atoms with E-state index in [1.165, 1.54) is 11.3 Å². The normalized spacial score (nSPS) is 10.3. The van der Waals surface area contributed by atoms with Gasteiger partial charge < -0.3 is 15.4 Å². The first-order chi connectivity index (χ1) is 11.0. The van der Waals surface area contributed by atoms with Crippen LogP contribution in [0.5, 0.6) is 5.75 Å². The Kier molecular flexibility index (Phi) is 5.76. The van der Waals surface area contributed by atoms with Crippen LogP contribution in [0.2, 0.25) is 0 Å². The first-order valence-corrected chi connectivity index (χ1v) is 8.09. The average Bonchev–Trinajstić information content (AvgIpc) is 2.92. The van der Waals surface area contributed by atoms with Crippen LogP contribution in [0.1, 0.15) is 26.5 Å². The van der Waals surface area contributed by atoms with Gasteiger partial charge in [-0.15, -0.1) is 11.3 Å². The molecule has 0 radical (unpaired) electrons. The van der Waals surface area contributed by atoms with Crippen LogP contribution in [0, 0.1) is 6.92 Å². The van der Waals surface area contributed by atoms with Crippen LogP contribution in [-0.4, -0.2) is 30.4 Å². The quantitative estimate of drug-likeness (QED) is 0.847. The zero-order valence-corrected chi connectivity index (χ0v) is 14.1. The second-order valence-electron chi connectivity index (χ2n) is 5.18. The lowest BCUT2D eigenvalue weighted by molar-refractivity contribution is -0.118. The second-order valence-corrected chi connectivity index (χ2v) is 6.44. The van der Waals surface area contributed by atoms with Crippen molar-refractivity contribution in [2.45, 2.75) is 19.9 Å². The highest BCUT2D eigenvalue weighted by molar-refractivity contribution is 7.14. The molecule has 0 saturated heterocycles. The van der Waals surface area contributed by atoms with Crippen LogP contribution < -0.4 is 10.5 Å². The second kappa shape index (κ2) is 7.78. The zero-order chi connectivity index (χ0) is 16.8. The van der Waals surface area contributed by atoms with E-state index >= 15 is 0 Å². The molecule has 23 heavy (non-hydrogen) atoms. The minimum Gasteiger partial charge on any atom is -0.495 e. The molecule has 2 rings (SSSR count). The number of amides is 2. The molecule has 1 heterocycles. The maximum absolute atomic E-state index is 12.9. The molecule has 5 nitrogen and oxygen atoms in total.